The van der Waals surface area contributed by atoms with Gasteiger partial charge in [0.05, 0.1) is 12.6 Å². The van der Waals surface area contributed by atoms with Crippen LogP contribution in [0, 0.1) is 23.7 Å². The zero-order valence-corrected chi connectivity index (χ0v) is 18.5. The third-order valence-corrected chi connectivity index (χ3v) is 7.68. The molecule has 0 aromatic rings. The van der Waals surface area contributed by atoms with Gasteiger partial charge in [0.15, 0.2) is 0 Å². The van der Waals surface area contributed by atoms with Crippen molar-refractivity contribution in [1.82, 2.24) is 15.1 Å². The molecule has 1 aliphatic heterocycles. The lowest BCUT2D eigenvalue weighted by Crippen LogP contribution is -2.62. The number of hydrogen-bond acceptors (Lipinski definition) is 4. The van der Waals surface area contributed by atoms with Gasteiger partial charge in [-0.25, -0.2) is 4.79 Å². The average Bonchev–Trinajstić information content (AvgIpc) is 2.90. The fourth-order valence-corrected chi connectivity index (χ4v) is 6.63. The minimum atomic E-state index is -0.216. The van der Waals surface area contributed by atoms with E-state index in [1.54, 1.807) is 4.90 Å². The SMILES string of the molecule is CC(C)COC(=O)N1CCCN(C(C)C(=O)NC23CC4CC(CC(C4)C2)C3)CC1. The van der Waals surface area contributed by atoms with Crippen LogP contribution in [0.2, 0.25) is 0 Å². The van der Waals surface area contributed by atoms with Crippen molar-refractivity contribution in [1.29, 1.82) is 0 Å². The highest BCUT2D eigenvalue weighted by atomic mass is 16.6. The van der Waals surface area contributed by atoms with Crippen molar-refractivity contribution < 1.29 is 14.3 Å². The number of nitrogens with zero attached hydrogens (tertiary/aromatic N) is 2. The van der Waals surface area contributed by atoms with E-state index in [1.165, 1.54) is 38.5 Å². The molecule has 4 bridgehead atoms. The number of rotatable bonds is 5. The van der Waals surface area contributed by atoms with Gasteiger partial charge in [0, 0.05) is 31.7 Å². The Hall–Kier alpha value is -1.30. The summed E-state index contributed by atoms with van der Waals surface area (Å²) in [6.45, 7) is 9.49. The van der Waals surface area contributed by atoms with E-state index in [9.17, 15) is 9.59 Å². The topological polar surface area (TPSA) is 61.9 Å². The molecule has 6 nitrogen and oxygen atoms in total. The van der Waals surface area contributed by atoms with Gasteiger partial charge < -0.3 is 15.0 Å². The Morgan fingerprint density at radius 2 is 1.59 bits per heavy atom. The van der Waals surface area contributed by atoms with Crippen LogP contribution in [0.3, 0.4) is 0 Å². The monoisotopic (exact) mass is 405 g/mol. The zero-order chi connectivity index (χ0) is 20.6. The summed E-state index contributed by atoms with van der Waals surface area (Å²) in [5.74, 6) is 3.03. The fourth-order valence-electron chi connectivity index (χ4n) is 6.63. The summed E-state index contributed by atoms with van der Waals surface area (Å²) in [5, 5.41) is 3.52. The number of amides is 2. The van der Waals surface area contributed by atoms with E-state index in [1.807, 2.05) is 20.8 Å². The van der Waals surface area contributed by atoms with Crippen LogP contribution >= 0.6 is 0 Å². The Morgan fingerprint density at radius 1 is 0.966 bits per heavy atom. The Bertz CT molecular complexity index is 585. The van der Waals surface area contributed by atoms with E-state index in [-0.39, 0.29) is 23.6 Å². The second-order valence-corrected chi connectivity index (χ2v) is 10.7. The van der Waals surface area contributed by atoms with Crippen LogP contribution in [-0.4, -0.2) is 66.2 Å². The van der Waals surface area contributed by atoms with Crippen LogP contribution in [0.15, 0.2) is 0 Å². The molecule has 0 aromatic heterocycles. The van der Waals surface area contributed by atoms with E-state index >= 15 is 0 Å². The average molecular weight is 406 g/mol. The van der Waals surface area contributed by atoms with Gasteiger partial charge >= 0.3 is 6.09 Å². The maximum absolute atomic E-state index is 13.2. The molecule has 1 saturated heterocycles. The summed E-state index contributed by atoms with van der Waals surface area (Å²) < 4.78 is 5.39. The molecule has 5 aliphatic rings. The Balaban J connectivity index is 1.30. The van der Waals surface area contributed by atoms with Gasteiger partial charge in [-0.2, -0.15) is 0 Å². The number of carbonyl (C=O) groups excluding carboxylic acids is 2. The van der Waals surface area contributed by atoms with Gasteiger partial charge in [0.2, 0.25) is 5.91 Å². The lowest BCUT2D eigenvalue weighted by atomic mass is 9.53. The maximum Gasteiger partial charge on any atom is 0.409 e. The predicted molar refractivity (Wildman–Crippen MR) is 112 cm³/mol. The van der Waals surface area contributed by atoms with Crippen molar-refractivity contribution >= 4 is 12.0 Å². The van der Waals surface area contributed by atoms with E-state index in [0.717, 1.165) is 37.3 Å². The standard InChI is InChI=1S/C23H39N3O3/c1-16(2)15-29-22(28)26-6-4-5-25(7-8-26)17(3)21(27)24-23-12-18-9-19(13-23)11-20(10-18)14-23/h16-20H,4-15H2,1-3H3,(H,24,27). The van der Waals surface area contributed by atoms with Crippen LogP contribution in [0.25, 0.3) is 0 Å². The smallest absolute Gasteiger partial charge is 0.409 e. The first-order valence-corrected chi connectivity index (χ1v) is 11.8. The first-order valence-electron chi connectivity index (χ1n) is 11.8. The minimum Gasteiger partial charge on any atom is -0.449 e. The first-order chi connectivity index (χ1) is 13.8. The van der Waals surface area contributed by atoms with Crippen molar-refractivity contribution in [2.45, 2.75) is 77.3 Å². The number of ether oxygens (including phenoxy) is 1. The highest BCUT2D eigenvalue weighted by Crippen LogP contribution is 2.55. The summed E-state index contributed by atoms with van der Waals surface area (Å²) in [5.41, 5.74) is 0.0681. The molecular weight excluding hydrogens is 366 g/mol. The second-order valence-electron chi connectivity index (χ2n) is 10.7. The Morgan fingerprint density at radius 3 is 2.17 bits per heavy atom. The molecule has 5 rings (SSSR count). The number of carbonyl (C=O) groups is 2. The lowest BCUT2D eigenvalue weighted by molar-refractivity contribution is -0.131. The Kier molecular flexibility index (Phi) is 6.10. The fraction of sp³-hybridized carbons (Fsp3) is 0.913. The molecule has 2 amide bonds. The molecule has 29 heavy (non-hydrogen) atoms. The summed E-state index contributed by atoms with van der Waals surface area (Å²) in [4.78, 5) is 29.5. The Labute approximate surface area is 175 Å². The first kappa shape index (κ1) is 21.0. The van der Waals surface area contributed by atoms with Crippen LogP contribution in [-0.2, 0) is 9.53 Å². The van der Waals surface area contributed by atoms with Crippen molar-refractivity contribution in [3.05, 3.63) is 0 Å². The van der Waals surface area contributed by atoms with Crippen molar-refractivity contribution in [2.75, 3.05) is 32.8 Å². The number of hydrogen-bond donors (Lipinski definition) is 1. The van der Waals surface area contributed by atoms with Gasteiger partial charge in [-0.3, -0.25) is 9.69 Å². The molecule has 6 heteroatoms. The normalized spacial score (nSPS) is 35.4. The lowest BCUT2D eigenvalue weighted by Gasteiger charge is -2.57. The van der Waals surface area contributed by atoms with Crippen LogP contribution < -0.4 is 5.32 Å². The maximum atomic E-state index is 13.2. The molecule has 0 aromatic carbocycles. The molecule has 5 fully saturated rings. The molecule has 1 unspecified atom stereocenters. The minimum absolute atomic E-state index is 0.0681. The van der Waals surface area contributed by atoms with Gasteiger partial charge in [-0.15, -0.1) is 0 Å². The van der Waals surface area contributed by atoms with Crippen LogP contribution in [0.5, 0.6) is 0 Å². The van der Waals surface area contributed by atoms with Crippen molar-refractivity contribution in [2.24, 2.45) is 23.7 Å². The summed E-state index contributed by atoms with van der Waals surface area (Å²) in [6.07, 6.45) is 8.39. The summed E-state index contributed by atoms with van der Waals surface area (Å²) >= 11 is 0. The molecule has 0 spiro atoms. The summed E-state index contributed by atoms with van der Waals surface area (Å²) in [6, 6.07) is -0.144. The van der Waals surface area contributed by atoms with E-state index < -0.39 is 0 Å². The van der Waals surface area contributed by atoms with E-state index in [0.29, 0.717) is 25.6 Å². The van der Waals surface area contributed by atoms with Gasteiger partial charge in [0.1, 0.15) is 0 Å². The molecule has 4 aliphatic carbocycles. The van der Waals surface area contributed by atoms with Crippen molar-refractivity contribution in [3.8, 4) is 0 Å². The number of nitrogens with one attached hydrogen (secondary N) is 1. The molecule has 1 heterocycles. The predicted octanol–water partition coefficient (Wildman–Crippen LogP) is 3.26. The highest BCUT2D eigenvalue weighted by Gasteiger charge is 2.51. The van der Waals surface area contributed by atoms with Gasteiger partial charge in [-0.05, 0) is 75.5 Å². The van der Waals surface area contributed by atoms with Gasteiger partial charge in [0.25, 0.3) is 0 Å². The van der Waals surface area contributed by atoms with Crippen molar-refractivity contribution in [3.63, 3.8) is 0 Å². The van der Waals surface area contributed by atoms with E-state index in [4.69, 9.17) is 4.74 Å². The molecule has 1 atom stereocenters. The quantitative estimate of drug-likeness (QED) is 0.763. The largest absolute Gasteiger partial charge is 0.449 e. The second kappa shape index (κ2) is 8.44. The summed E-state index contributed by atoms with van der Waals surface area (Å²) in [7, 11) is 0. The van der Waals surface area contributed by atoms with Crippen LogP contribution in [0.4, 0.5) is 4.79 Å². The molecule has 4 saturated carbocycles. The van der Waals surface area contributed by atoms with E-state index in [2.05, 4.69) is 10.2 Å². The molecule has 164 valence electrons. The molecule has 1 N–H and O–H groups in total. The molecule has 0 radical (unpaired) electrons. The third-order valence-electron chi connectivity index (χ3n) is 7.68. The highest BCUT2D eigenvalue weighted by molar-refractivity contribution is 5.82. The molecular formula is C23H39N3O3. The van der Waals surface area contributed by atoms with Crippen LogP contribution in [0.1, 0.15) is 65.7 Å². The third kappa shape index (κ3) is 4.73. The zero-order valence-electron chi connectivity index (χ0n) is 18.5. The van der Waals surface area contributed by atoms with Gasteiger partial charge in [-0.1, -0.05) is 13.8 Å².